The van der Waals surface area contributed by atoms with E-state index < -0.39 is 11.9 Å². The Balaban J connectivity index is 1.98. The van der Waals surface area contributed by atoms with Gasteiger partial charge in [0, 0.05) is 36.8 Å². The summed E-state index contributed by atoms with van der Waals surface area (Å²) in [6.07, 6.45) is 1.42. The Morgan fingerprint density at radius 3 is 2.72 bits per heavy atom. The molecule has 96 valence electrons. The van der Waals surface area contributed by atoms with Crippen molar-refractivity contribution in [1.82, 2.24) is 9.88 Å². The highest BCUT2D eigenvalue weighted by molar-refractivity contribution is 5.94. The standard InChI is InChI=1S/C12H14N2O4/c1-7(12(17)18)9-5-14(6-9)11(16)8-2-3-13-10(15)4-8/h2-4,7,9H,5-6H2,1H3,(H,13,15)(H,17,18). The molecule has 1 aromatic heterocycles. The minimum absolute atomic E-state index is 0.00607. The van der Waals surface area contributed by atoms with Crippen molar-refractivity contribution in [2.24, 2.45) is 11.8 Å². The average molecular weight is 250 g/mol. The lowest BCUT2D eigenvalue weighted by Crippen LogP contribution is -2.53. The number of carboxylic acid groups (broad SMARTS) is 1. The Morgan fingerprint density at radius 2 is 2.17 bits per heavy atom. The van der Waals surface area contributed by atoms with Gasteiger partial charge in [0.15, 0.2) is 0 Å². The van der Waals surface area contributed by atoms with E-state index in [0.29, 0.717) is 18.7 Å². The Morgan fingerprint density at radius 1 is 1.50 bits per heavy atom. The normalized spacial score (nSPS) is 17.1. The molecule has 0 spiro atoms. The zero-order valence-corrected chi connectivity index (χ0v) is 9.92. The van der Waals surface area contributed by atoms with Gasteiger partial charge < -0.3 is 15.0 Å². The number of hydrogen-bond acceptors (Lipinski definition) is 3. The van der Waals surface area contributed by atoms with Gasteiger partial charge in [-0.3, -0.25) is 14.4 Å². The summed E-state index contributed by atoms with van der Waals surface area (Å²) >= 11 is 0. The number of aliphatic carboxylic acids is 1. The third kappa shape index (κ3) is 2.27. The molecule has 1 aliphatic heterocycles. The van der Waals surface area contributed by atoms with Crippen LogP contribution < -0.4 is 5.56 Å². The molecule has 2 N–H and O–H groups in total. The van der Waals surface area contributed by atoms with Crippen LogP contribution in [-0.4, -0.2) is 40.0 Å². The number of aromatic nitrogens is 1. The lowest BCUT2D eigenvalue weighted by Gasteiger charge is -2.41. The van der Waals surface area contributed by atoms with Crippen molar-refractivity contribution >= 4 is 11.9 Å². The molecule has 0 aliphatic carbocycles. The Bertz CT molecular complexity index is 531. The number of nitrogens with one attached hydrogen (secondary N) is 1. The van der Waals surface area contributed by atoms with Gasteiger partial charge in [-0.25, -0.2) is 0 Å². The molecule has 6 heteroatoms. The number of carboxylic acids is 1. The molecule has 1 amide bonds. The quantitative estimate of drug-likeness (QED) is 0.800. The number of H-pyrrole nitrogens is 1. The van der Waals surface area contributed by atoms with E-state index in [1.807, 2.05) is 0 Å². The first-order chi connectivity index (χ1) is 8.49. The van der Waals surface area contributed by atoms with E-state index in [-0.39, 0.29) is 17.4 Å². The van der Waals surface area contributed by atoms with E-state index in [1.165, 1.54) is 18.3 Å². The second kappa shape index (κ2) is 4.64. The molecule has 1 fully saturated rings. The van der Waals surface area contributed by atoms with Crippen LogP contribution in [0.25, 0.3) is 0 Å². The molecule has 18 heavy (non-hydrogen) atoms. The molecule has 1 unspecified atom stereocenters. The number of pyridine rings is 1. The molecule has 6 nitrogen and oxygen atoms in total. The van der Waals surface area contributed by atoms with Gasteiger partial charge in [0.25, 0.3) is 5.91 Å². The van der Waals surface area contributed by atoms with E-state index in [4.69, 9.17) is 5.11 Å². The fraction of sp³-hybridized carbons (Fsp3) is 0.417. The second-order valence-electron chi connectivity index (χ2n) is 4.54. The number of rotatable bonds is 3. The van der Waals surface area contributed by atoms with E-state index in [1.54, 1.807) is 11.8 Å². The Hall–Kier alpha value is -2.11. The van der Waals surface area contributed by atoms with Crippen molar-refractivity contribution in [3.05, 3.63) is 34.2 Å². The number of carbonyl (C=O) groups is 2. The average Bonchev–Trinajstić information content (AvgIpc) is 2.26. The predicted molar refractivity (Wildman–Crippen MR) is 63.3 cm³/mol. The second-order valence-corrected chi connectivity index (χ2v) is 4.54. The molecule has 2 heterocycles. The van der Waals surface area contributed by atoms with Crippen LogP contribution in [0.2, 0.25) is 0 Å². The van der Waals surface area contributed by atoms with Crippen molar-refractivity contribution in [3.8, 4) is 0 Å². The number of hydrogen-bond donors (Lipinski definition) is 2. The molecule has 0 bridgehead atoms. The Kier molecular flexibility index (Phi) is 3.18. The number of amides is 1. The highest BCUT2D eigenvalue weighted by atomic mass is 16.4. The summed E-state index contributed by atoms with van der Waals surface area (Å²) in [5.41, 5.74) is 0.0111. The first-order valence-electron chi connectivity index (χ1n) is 5.70. The molecule has 0 saturated carbocycles. The maximum Gasteiger partial charge on any atom is 0.306 e. The molecular formula is C12H14N2O4. The van der Waals surface area contributed by atoms with Crippen LogP contribution in [0.3, 0.4) is 0 Å². The summed E-state index contributed by atoms with van der Waals surface area (Å²) in [4.78, 5) is 37.8. The first-order valence-corrected chi connectivity index (χ1v) is 5.70. The minimum Gasteiger partial charge on any atom is -0.481 e. The van der Waals surface area contributed by atoms with Crippen LogP contribution in [0.1, 0.15) is 17.3 Å². The molecule has 1 atom stereocenters. The topological polar surface area (TPSA) is 90.5 Å². The monoisotopic (exact) mass is 250 g/mol. The van der Waals surface area contributed by atoms with Crippen LogP contribution in [0, 0.1) is 11.8 Å². The summed E-state index contributed by atoms with van der Waals surface area (Å²) in [6.45, 7) is 2.50. The highest BCUT2D eigenvalue weighted by Crippen LogP contribution is 2.25. The third-order valence-electron chi connectivity index (χ3n) is 3.32. The summed E-state index contributed by atoms with van der Waals surface area (Å²) in [5, 5.41) is 8.85. The third-order valence-corrected chi connectivity index (χ3v) is 3.32. The van der Waals surface area contributed by atoms with Gasteiger partial charge >= 0.3 is 5.97 Å². The van der Waals surface area contributed by atoms with Gasteiger partial charge in [-0.15, -0.1) is 0 Å². The van der Waals surface area contributed by atoms with Crippen molar-refractivity contribution in [2.75, 3.05) is 13.1 Å². The smallest absolute Gasteiger partial charge is 0.306 e. The maximum atomic E-state index is 11.9. The van der Waals surface area contributed by atoms with E-state index in [2.05, 4.69) is 4.98 Å². The zero-order valence-electron chi connectivity index (χ0n) is 9.92. The summed E-state index contributed by atoms with van der Waals surface area (Å²) in [5.74, 6) is -1.53. The largest absolute Gasteiger partial charge is 0.481 e. The first kappa shape index (κ1) is 12.3. The van der Waals surface area contributed by atoms with Gasteiger partial charge in [0.05, 0.1) is 5.92 Å². The zero-order chi connectivity index (χ0) is 13.3. The van der Waals surface area contributed by atoms with E-state index in [0.717, 1.165) is 0 Å². The number of likely N-dealkylation sites (tertiary alicyclic amines) is 1. The minimum atomic E-state index is -0.844. The molecule has 0 radical (unpaired) electrons. The molecule has 2 rings (SSSR count). The van der Waals surface area contributed by atoms with Gasteiger partial charge in [0.1, 0.15) is 0 Å². The fourth-order valence-electron chi connectivity index (χ4n) is 1.96. The molecule has 0 aromatic carbocycles. The predicted octanol–water partition coefficient (Wildman–Crippen LogP) is 0.168. The van der Waals surface area contributed by atoms with Crippen LogP contribution in [0.4, 0.5) is 0 Å². The Labute approximate surface area is 103 Å². The van der Waals surface area contributed by atoms with Crippen molar-refractivity contribution < 1.29 is 14.7 Å². The SMILES string of the molecule is CC(C(=O)O)C1CN(C(=O)c2cc[nH]c(=O)c2)C1. The molecule has 1 aromatic rings. The molecule has 1 saturated heterocycles. The molecule has 1 aliphatic rings. The lowest BCUT2D eigenvalue weighted by atomic mass is 9.86. The van der Waals surface area contributed by atoms with E-state index in [9.17, 15) is 14.4 Å². The van der Waals surface area contributed by atoms with Gasteiger partial charge in [-0.1, -0.05) is 6.92 Å². The maximum absolute atomic E-state index is 11.9. The summed E-state index contributed by atoms with van der Waals surface area (Å²) < 4.78 is 0. The lowest BCUT2D eigenvalue weighted by molar-refractivity contribution is -0.144. The van der Waals surface area contributed by atoms with Gasteiger partial charge in [-0.05, 0) is 6.07 Å². The van der Waals surface area contributed by atoms with Gasteiger partial charge in [-0.2, -0.15) is 0 Å². The molecular weight excluding hydrogens is 236 g/mol. The van der Waals surface area contributed by atoms with Crippen LogP contribution >= 0.6 is 0 Å². The van der Waals surface area contributed by atoms with Crippen molar-refractivity contribution in [3.63, 3.8) is 0 Å². The van der Waals surface area contributed by atoms with E-state index >= 15 is 0 Å². The number of nitrogens with zero attached hydrogens (tertiary/aromatic N) is 1. The summed E-state index contributed by atoms with van der Waals surface area (Å²) in [6, 6.07) is 2.79. The highest BCUT2D eigenvalue weighted by Gasteiger charge is 2.37. The van der Waals surface area contributed by atoms with Crippen LogP contribution in [0.15, 0.2) is 23.1 Å². The number of carbonyl (C=O) groups excluding carboxylic acids is 1. The van der Waals surface area contributed by atoms with Crippen molar-refractivity contribution in [1.29, 1.82) is 0 Å². The fourth-order valence-corrected chi connectivity index (χ4v) is 1.96. The van der Waals surface area contributed by atoms with Crippen molar-refractivity contribution in [2.45, 2.75) is 6.92 Å². The van der Waals surface area contributed by atoms with Crippen LogP contribution in [-0.2, 0) is 4.79 Å². The number of aromatic amines is 1. The van der Waals surface area contributed by atoms with Crippen LogP contribution in [0.5, 0.6) is 0 Å². The summed E-state index contributed by atoms with van der Waals surface area (Å²) in [7, 11) is 0. The van der Waals surface area contributed by atoms with Gasteiger partial charge in [0.2, 0.25) is 5.56 Å².